The first-order chi connectivity index (χ1) is 7.81. The lowest BCUT2D eigenvalue weighted by Crippen LogP contribution is -1.99. The summed E-state index contributed by atoms with van der Waals surface area (Å²) in [6, 6.07) is 7.63. The molecule has 0 atom stereocenters. The Morgan fingerprint density at radius 2 is 2.12 bits per heavy atom. The number of nitriles is 1. The molecule has 0 amide bonds. The summed E-state index contributed by atoms with van der Waals surface area (Å²) in [4.78, 5) is 0. The lowest BCUT2D eigenvalue weighted by molar-refractivity contribution is 0.134. The molecule has 0 radical (unpaired) electrons. The molecule has 4 nitrogen and oxygen atoms in total. The van der Waals surface area contributed by atoms with Crippen molar-refractivity contribution >= 4 is 10.9 Å². The highest BCUT2D eigenvalue weighted by Crippen LogP contribution is 2.29. The van der Waals surface area contributed by atoms with Gasteiger partial charge >= 0.3 is 0 Å². The third-order valence-electron chi connectivity index (χ3n) is 2.50. The van der Waals surface area contributed by atoms with Gasteiger partial charge in [0.2, 0.25) is 0 Å². The van der Waals surface area contributed by atoms with Gasteiger partial charge in [-0.15, -0.1) is 0 Å². The zero-order valence-corrected chi connectivity index (χ0v) is 9.23. The number of methoxy groups -OCH3 is 2. The molecule has 1 aromatic heterocycles. The van der Waals surface area contributed by atoms with Gasteiger partial charge in [-0.25, -0.2) is 0 Å². The van der Waals surface area contributed by atoms with Crippen LogP contribution in [0.5, 0.6) is 5.75 Å². The monoisotopic (exact) mass is 216 g/mol. The van der Waals surface area contributed by atoms with E-state index in [9.17, 15) is 0 Å². The van der Waals surface area contributed by atoms with E-state index in [4.69, 9.17) is 14.7 Å². The molecule has 1 heterocycles. The molecule has 1 aromatic carbocycles. The SMILES string of the molecule is COCn1ccc2c(C#N)ccc(OC)c21. The molecular formula is C12H12N2O2. The molecule has 0 saturated carbocycles. The maximum absolute atomic E-state index is 9.01. The third kappa shape index (κ3) is 1.51. The van der Waals surface area contributed by atoms with Crippen LogP contribution < -0.4 is 4.74 Å². The van der Waals surface area contributed by atoms with Gasteiger partial charge in [0.15, 0.2) is 0 Å². The van der Waals surface area contributed by atoms with Crippen molar-refractivity contribution in [2.24, 2.45) is 0 Å². The first-order valence-electron chi connectivity index (χ1n) is 4.86. The fraction of sp³-hybridized carbons (Fsp3) is 0.250. The molecule has 2 aromatic rings. The van der Waals surface area contributed by atoms with Crippen LogP contribution in [-0.4, -0.2) is 18.8 Å². The average molecular weight is 216 g/mol. The number of rotatable bonds is 3. The molecule has 2 rings (SSSR count). The Kier molecular flexibility index (Phi) is 2.80. The molecule has 0 saturated heterocycles. The zero-order valence-electron chi connectivity index (χ0n) is 9.23. The zero-order chi connectivity index (χ0) is 11.5. The highest BCUT2D eigenvalue weighted by Gasteiger charge is 2.10. The van der Waals surface area contributed by atoms with Crippen molar-refractivity contribution in [3.63, 3.8) is 0 Å². The van der Waals surface area contributed by atoms with Gasteiger partial charge in [-0.05, 0) is 18.2 Å². The van der Waals surface area contributed by atoms with E-state index in [2.05, 4.69) is 6.07 Å². The van der Waals surface area contributed by atoms with E-state index >= 15 is 0 Å². The minimum Gasteiger partial charge on any atom is -0.495 e. The largest absolute Gasteiger partial charge is 0.495 e. The van der Waals surface area contributed by atoms with Crippen LogP contribution in [0, 0.1) is 11.3 Å². The van der Waals surface area contributed by atoms with Gasteiger partial charge in [-0.1, -0.05) is 0 Å². The molecule has 0 bridgehead atoms. The number of aromatic nitrogens is 1. The van der Waals surface area contributed by atoms with E-state index in [1.807, 2.05) is 16.8 Å². The van der Waals surface area contributed by atoms with Crippen LogP contribution >= 0.6 is 0 Å². The maximum atomic E-state index is 9.01. The predicted octanol–water partition coefficient (Wildman–Crippen LogP) is 2.13. The number of benzene rings is 1. The summed E-state index contributed by atoms with van der Waals surface area (Å²) >= 11 is 0. The smallest absolute Gasteiger partial charge is 0.143 e. The van der Waals surface area contributed by atoms with Crippen LogP contribution in [0.1, 0.15) is 5.56 Å². The first kappa shape index (κ1) is 10.5. The van der Waals surface area contributed by atoms with Crippen LogP contribution in [0.4, 0.5) is 0 Å². The van der Waals surface area contributed by atoms with E-state index in [1.165, 1.54) is 0 Å². The van der Waals surface area contributed by atoms with E-state index in [1.54, 1.807) is 26.4 Å². The molecule has 0 aliphatic carbocycles. The van der Waals surface area contributed by atoms with Gasteiger partial charge in [-0.3, -0.25) is 0 Å². The lowest BCUT2D eigenvalue weighted by Gasteiger charge is -2.08. The van der Waals surface area contributed by atoms with Crippen molar-refractivity contribution in [1.82, 2.24) is 4.57 Å². The van der Waals surface area contributed by atoms with Gasteiger partial charge in [0, 0.05) is 18.7 Å². The number of hydrogen-bond donors (Lipinski definition) is 0. The lowest BCUT2D eigenvalue weighted by atomic mass is 10.1. The summed E-state index contributed by atoms with van der Waals surface area (Å²) < 4.78 is 12.3. The normalized spacial score (nSPS) is 10.3. The van der Waals surface area contributed by atoms with Crippen molar-refractivity contribution in [2.75, 3.05) is 14.2 Å². The van der Waals surface area contributed by atoms with Crippen molar-refractivity contribution in [3.8, 4) is 11.8 Å². The summed E-state index contributed by atoms with van der Waals surface area (Å²) in [7, 11) is 3.25. The second-order valence-corrected chi connectivity index (χ2v) is 3.39. The number of fused-ring (bicyclic) bond motifs is 1. The summed E-state index contributed by atoms with van der Waals surface area (Å²) in [5.74, 6) is 0.746. The molecule has 82 valence electrons. The molecule has 16 heavy (non-hydrogen) atoms. The molecule has 4 heteroatoms. The van der Waals surface area contributed by atoms with Crippen LogP contribution in [0.2, 0.25) is 0 Å². The Morgan fingerprint density at radius 3 is 2.75 bits per heavy atom. The van der Waals surface area contributed by atoms with Gasteiger partial charge in [0.1, 0.15) is 12.5 Å². The summed E-state index contributed by atoms with van der Waals surface area (Å²) in [6.45, 7) is 0.439. The van der Waals surface area contributed by atoms with E-state index in [0.717, 1.165) is 16.7 Å². The van der Waals surface area contributed by atoms with Crippen molar-refractivity contribution in [1.29, 1.82) is 5.26 Å². The molecule has 0 N–H and O–H groups in total. The molecule has 0 spiro atoms. The minimum absolute atomic E-state index is 0.439. The Labute approximate surface area is 93.6 Å². The summed E-state index contributed by atoms with van der Waals surface area (Å²) in [6.07, 6.45) is 1.89. The van der Waals surface area contributed by atoms with E-state index in [-0.39, 0.29) is 0 Å². The van der Waals surface area contributed by atoms with Crippen molar-refractivity contribution in [2.45, 2.75) is 6.73 Å². The highest BCUT2D eigenvalue weighted by atomic mass is 16.5. The fourth-order valence-electron chi connectivity index (χ4n) is 1.80. The van der Waals surface area contributed by atoms with Gasteiger partial charge in [-0.2, -0.15) is 5.26 Å². The number of ether oxygens (including phenoxy) is 2. The van der Waals surface area contributed by atoms with Crippen LogP contribution in [0.3, 0.4) is 0 Å². The molecular weight excluding hydrogens is 204 g/mol. The quantitative estimate of drug-likeness (QED) is 0.789. The number of hydrogen-bond acceptors (Lipinski definition) is 3. The molecule has 0 aliphatic rings. The van der Waals surface area contributed by atoms with Gasteiger partial charge < -0.3 is 14.0 Å². The van der Waals surface area contributed by atoms with Gasteiger partial charge in [0.05, 0.1) is 24.3 Å². The molecule has 0 aliphatic heterocycles. The van der Waals surface area contributed by atoms with Gasteiger partial charge in [0.25, 0.3) is 0 Å². The highest BCUT2D eigenvalue weighted by molar-refractivity contribution is 5.90. The Balaban J connectivity index is 2.73. The third-order valence-corrected chi connectivity index (χ3v) is 2.50. The first-order valence-corrected chi connectivity index (χ1v) is 4.86. The van der Waals surface area contributed by atoms with Crippen molar-refractivity contribution < 1.29 is 9.47 Å². The van der Waals surface area contributed by atoms with Crippen molar-refractivity contribution in [3.05, 3.63) is 30.0 Å². The topological polar surface area (TPSA) is 47.2 Å². The second kappa shape index (κ2) is 4.25. The molecule has 0 unspecified atom stereocenters. The fourth-order valence-corrected chi connectivity index (χ4v) is 1.80. The second-order valence-electron chi connectivity index (χ2n) is 3.39. The Morgan fingerprint density at radius 1 is 1.31 bits per heavy atom. The van der Waals surface area contributed by atoms with E-state index < -0.39 is 0 Å². The Hall–Kier alpha value is -1.99. The van der Waals surface area contributed by atoms with E-state index in [0.29, 0.717) is 12.3 Å². The van der Waals surface area contributed by atoms with Crippen LogP contribution in [0.15, 0.2) is 24.4 Å². The predicted molar refractivity (Wildman–Crippen MR) is 60.2 cm³/mol. The minimum atomic E-state index is 0.439. The summed E-state index contributed by atoms with van der Waals surface area (Å²) in [5, 5.41) is 9.89. The Bertz CT molecular complexity index is 552. The number of nitrogens with zero attached hydrogens (tertiary/aromatic N) is 2. The average Bonchev–Trinajstić information content (AvgIpc) is 2.73. The van der Waals surface area contributed by atoms with Crippen LogP contribution in [0.25, 0.3) is 10.9 Å². The van der Waals surface area contributed by atoms with Crippen LogP contribution in [-0.2, 0) is 11.5 Å². The summed E-state index contributed by atoms with van der Waals surface area (Å²) in [5.41, 5.74) is 1.54. The standard InChI is InChI=1S/C12H12N2O2/c1-15-8-14-6-5-10-9(7-13)3-4-11(16-2)12(10)14/h3-6H,8H2,1-2H3. The molecule has 0 fully saturated rings. The maximum Gasteiger partial charge on any atom is 0.143 e.